The quantitative estimate of drug-likeness (QED) is 0.253. The van der Waals surface area contributed by atoms with E-state index in [1.54, 1.807) is 0 Å². The van der Waals surface area contributed by atoms with E-state index in [0.717, 1.165) is 33.4 Å². The van der Waals surface area contributed by atoms with Crippen LogP contribution in [0.3, 0.4) is 0 Å². The van der Waals surface area contributed by atoms with E-state index in [4.69, 9.17) is 10.5 Å². The molecule has 4 aromatic rings. The normalized spacial score (nSPS) is 10.4. The second kappa shape index (κ2) is 11.0. The third kappa shape index (κ3) is 6.21. The van der Waals surface area contributed by atoms with E-state index < -0.39 is 0 Å². The first-order valence-electron chi connectivity index (χ1n) is 10.8. The van der Waals surface area contributed by atoms with Gasteiger partial charge in [-0.3, -0.25) is 0 Å². The molecular weight excluding hydrogens is 412 g/mol. The van der Waals surface area contributed by atoms with Crippen LogP contribution in [0.2, 0.25) is 0 Å². The van der Waals surface area contributed by atoms with Crippen molar-refractivity contribution in [3.8, 4) is 24.0 Å². The summed E-state index contributed by atoms with van der Waals surface area (Å²) >= 11 is 0. The first kappa shape index (κ1) is 22.1. The zero-order chi connectivity index (χ0) is 23.6. The molecule has 0 radical (unpaired) electrons. The number of rotatable bonds is 4. The fourth-order valence-corrected chi connectivity index (χ4v) is 3.22. The van der Waals surface area contributed by atoms with Crippen molar-refractivity contribution in [2.75, 3.05) is 0 Å². The highest BCUT2D eigenvalue weighted by Crippen LogP contribution is 2.12. The summed E-state index contributed by atoms with van der Waals surface area (Å²) in [6.07, 6.45) is 8.14. The minimum Gasteiger partial charge on any atom is -0.192 e. The van der Waals surface area contributed by atoms with Gasteiger partial charge in [-0.05, 0) is 70.8 Å². The summed E-state index contributed by atoms with van der Waals surface area (Å²) in [7, 11) is 0. The maximum atomic E-state index is 8.88. The molecule has 0 aliphatic heterocycles. The summed E-state index contributed by atoms with van der Waals surface area (Å²) in [5.74, 6) is 6.43. The molecule has 2 heteroatoms. The summed E-state index contributed by atoms with van der Waals surface area (Å²) in [6.45, 7) is 0. The molecule has 4 aromatic carbocycles. The number of benzene rings is 4. The second-order valence-electron chi connectivity index (χ2n) is 7.63. The van der Waals surface area contributed by atoms with Gasteiger partial charge in [0.1, 0.15) is 0 Å². The minimum atomic E-state index is 0.661. The molecule has 0 atom stereocenters. The molecule has 0 saturated carbocycles. The van der Waals surface area contributed by atoms with Gasteiger partial charge in [0.2, 0.25) is 0 Å². The van der Waals surface area contributed by atoms with E-state index in [9.17, 15) is 0 Å². The zero-order valence-corrected chi connectivity index (χ0v) is 18.4. The molecule has 0 aliphatic rings. The minimum absolute atomic E-state index is 0.661. The van der Waals surface area contributed by atoms with Gasteiger partial charge in [-0.15, -0.1) is 0 Å². The maximum absolute atomic E-state index is 8.88. The Morgan fingerprint density at radius 3 is 0.824 bits per heavy atom. The van der Waals surface area contributed by atoms with Crippen LogP contribution in [0, 0.1) is 34.5 Å². The van der Waals surface area contributed by atoms with Crippen LogP contribution in [0.25, 0.3) is 24.3 Å². The van der Waals surface area contributed by atoms with Crippen LogP contribution in [-0.2, 0) is 0 Å². The van der Waals surface area contributed by atoms with Crippen molar-refractivity contribution in [3.05, 3.63) is 142 Å². The molecule has 0 amide bonds. The van der Waals surface area contributed by atoms with Gasteiger partial charge in [-0.1, -0.05) is 84.7 Å². The highest BCUT2D eigenvalue weighted by Gasteiger charge is 1.94. The Kier molecular flexibility index (Phi) is 7.13. The maximum Gasteiger partial charge on any atom is 0.0991 e. The third-order valence-electron chi connectivity index (χ3n) is 5.19. The topological polar surface area (TPSA) is 47.6 Å². The standard InChI is InChI=1S/C32H20N2/c33-23-31-19-15-29(16-20-31)13-11-27-7-3-25(4-8-27)1-2-26-5-9-28(10-6-26)12-14-30-17-21-32(24-34)22-18-30/h3-22H/b13-11+,14-12+. The van der Waals surface area contributed by atoms with Crippen molar-refractivity contribution < 1.29 is 0 Å². The summed E-state index contributed by atoms with van der Waals surface area (Å²) in [4.78, 5) is 0. The molecule has 0 fully saturated rings. The van der Waals surface area contributed by atoms with E-state index in [-0.39, 0.29) is 0 Å². The number of nitrogens with zero attached hydrogens (tertiary/aromatic N) is 2. The first-order chi connectivity index (χ1) is 16.7. The molecule has 0 heterocycles. The van der Waals surface area contributed by atoms with Crippen molar-refractivity contribution in [1.82, 2.24) is 0 Å². The Hall–Kier alpha value is -5.10. The monoisotopic (exact) mass is 432 g/mol. The summed E-state index contributed by atoms with van der Waals surface area (Å²) in [6, 6.07) is 35.5. The second-order valence-corrected chi connectivity index (χ2v) is 7.63. The summed E-state index contributed by atoms with van der Waals surface area (Å²) < 4.78 is 0. The van der Waals surface area contributed by atoms with Gasteiger partial charge >= 0.3 is 0 Å². The lowest BCUT2D eigenvalue weighted by Crippen LogP contribution is -1.79. The Bertz CT molecular complexity index is 1350. The van der Waals surface area contributed by atoms with Crippen molar-refractivity contribution in [1.29, 1.82) is 10.5 Å². The Morgan fingerprint density at radius 2 is 0.588 bits per heavy atom. The van der Waals surface area contributed by atoms with Crippen LogP contribution < -0.4 is 0 Å². The van der Waals surface area contributed by atoms with Gasteiger partial charge in [0, 0.05) is 11.1 Å². The first-order valence-corrected chi connectivity index (χ1v) is 10.8. The number of nitriles is 2. The van der Waals surface area contributed by atoms with E-state index in [1.165, 1.54) is 0 Å². The van der Waals surface area contributed by atoms with Crippen molar-refractivity contribution in [3.63, 3.8) is 0 Å². The lowest BCUT2D eigenvalue weighted by atomic mass is 10.1. The van der Waals surface area contributed by atoms with Crippen LogP contribution in [0.4, 0.5) is 0 Å². The molecule has 0 saturated heterocycles. The molecule has 2 nitrogen and oxygen atoms in total. The van der Waals surface area contributed by atoms with Crippen LogP contribution in [-0.4, -0.2) is 0 Å². The molecule has 0 unspecified atom stereocenters. The lowest BCUT2D eigenvalue weighted by Gasteiger charge is -1.97. The van der Waals surface area contributed by atoms with Gasteiger partial charge in [0.05, 0.1) is 23.3 Å². The van der Waals surface area contributed by atoms with Crippen molar-refractivity contribution in [2.24, 2.45) is 0 Å². The Balaban J connectivity index is 1.36. The van der Waals surface area contributed by atoms with Crippen LogP contribution in [0.1, 0.15) is 44.5 Å². The van der Waals surface area contributed by atoms with Crippen LogP contribution >= 0.6 is 0 Å². The highest BCUT2D eigenvalue weighted by atomic mass is 14.2. The zero-order valence-electron chi connectivity index (χ0n) is 18.4. The Labute approximate surface area is 200 Å². The average molecular weight is 433 g/mol. The van der Waals surface area contributed by atoms with Crippen LogP contribution in [0.15, 0.2) is 97.1 Å². The fourth-order valence-electron chi connectivity index (χ4n) is 3.22. The van der Waals surface area contributed by atoms with E-state index in [0.29, 0.717) is 11.1 Å². The predicted molar refractivity (Wildman–Crippen MR) is 139 cm³/mol. The van der Waals surface area contributed by atoms with Gasteiger partial charge in [0.25, 0.3) is 0 Å². The highest BCUT2D eigenvalue weighted by molar-refractivity contribution is 5.71. The lowest BCUT2D eigenvalue weighted by molar-refractivity contribution is 1.48. The predicted octanol–water partition coefficient (Wildman–Crippen LogP) is 7.17. The van der Waals surface area contributed by atoms with Gasteiger partial charge in [0.15, 0.2) is 0 Å². The average Bonchev–Trinajstić information content (AvgIpc) is 2.91. The molecule has 34 heavy (non-hydrogen) atoms. The molecule has 0 aromatic heterocycles. The van der Waals surface area contributed by atoms with Gasteiger partial charge < -0.3 is 0 Å². The van der Waals surface area contributed by atoms with Gasteiger partial charge in [-0.25, -0.2) is 0 Å². The summed E-state index contributed by atoms with van der Waals surface area (Å²) in [5, 5.41) is 17.8. The molecule has 0 bridgehead atoms. The summed E-state index contributed by atoms with van der Waals surface area (Å²) in [5.41, 5.74) is 7.53. The molecular formula is C32H20N2. The van der Waals surface area contributed by atoms with Crippen LogP contribution in [0.5, 0.6) is 0 Å². The van der Waals surface area contributed by atoms with E-state index >= 15 is 0 Å². The SMILES string of the molecule is N#Cc1ccc(/C=C/c2ccc(C#Cc3ccc(/C=C/c4ccc(C#N)cc4)cc3)cc2)cc1. The third-order valence-corrected chi connectivity index (χ3v) is 5.19. The molecule has 0 aliphatic carbocycles. The van der Waals surface area contributed by atoms with Gasteiger partial charge in [-0.2, -0.15) is 10.5 Å². The van der Waals surface area contributed by atoms with Crippen molar-refractivity contribution >= 4 is 24.3 Å². The van der Waals surface area contributed by atoms with Crippen molar-refractivity contribution in [2.45, 2.75) is 0 Å². The Morgan fingerprint density at radius 1 is 0.353 bits per heavy atom. The molecule has 4 rings (SSSR count). The van der Waals surface area contributed by atoms with E-state index in [2.05, 4.69) is 24.0 Å². The smallest absolute Gasteiger partial charge is 0.0991 e. The molecule has 0 N–H and O–H groups in total. The largest absolute Gasteiger partial charge is 0.192 e. The fraction of sp³-hybridized carbons (Fsp3) is 0. The van der Waals surface area contributed by atoms with E-state index in [1.807, 2.05) is 121 Å². The molecule has 158 valence electrons. The molecule has 0 spiro atoms. The number of hydrogen-bond donors (Lipinski definition) is 0. The number of hydrogen-bond acceptors (Lipinski definition) is 2.